The van der Waals surface area contributed by atoms with Gasteiger partial charge in [0.05, 0.1) is 17.2 Å². The highest BCUT2D eigenvalue weighted by molar-refractivity contribution is 7.91. The molecule has 13 heteroatoms. The summed E-state index contributed by atoms with van der Waals surface area (Å²) < 4.78 is 31.7. The number of allylic oxidation sites excluding steroid dienone is 1. The third-order valence-corrected chi connectivity index (χ3v) is 12.6. The van der Waals surface area contributed by atoms with E-state index in [2.05, 4.69) is 38.0 Å². The molecule has 1 amide bonds. The van der Waals surface area contributed by atoms with Gasteiger partial charge in [-0.15, -0.1) is 0 Å². The molecule has 54 heavy (non-hydrogen) atoms. The number of hydrogen-bond donors (Lipinski definition) is 1. The highest BCUT2D eigenvalue weighted by atomic mass is 32.2. The smallest absolute Gasteiger partial charge is 0.358 e. The number of benzene rings is 2. The average Bonchev–Trinajstić information content (AvgIpc) is 3.45. The van der Waals surface area contributed by atoms with Crippen LogP contribution in [-0.4, -0.2) is 71.4 Å². The van der Waals surface area contributed by atoms with Crippen LogP contribution in [0.5, 0.6) is 0 Å². The highest BCUT2D eigenvalue weighted by Gasteiger charge is 2.41. The lowest BCUT2D eigenvalue weighted by Crippen LogP contribution is -2.40. The van der Waals surface area contributed by atoms with Crippen LogP contribution in [-0.2, 0) is 24.2 Å². The number of esters is 1. The van der Waals surface area contributed by atoms with Crippen molar-refractivity contribution in [2.45, 2.75) is 86.2 Å². The van der Waals surface area contributed by atoms with E-state index in [9.17, 15) is 22.8 Å². The van der Waals surface area contributed by atoms with Gasteiger partial charge < -0.3 is 9.64 Å². The SMILES string of the molecule is CCCCC(CC)C(=O)Nc1nc2n(c(=O)n1)C(=Nc1ccc(N3CCS(=O)(=O)CC3)cc1C)C(c1ccccc1)=C2C(=O)OC1C(C)CC(C)CC1C. The van der Waals surface area contributed by atoms with Gasteiger partial charge in [0.15, 0.2) is 21.5 Å². The van der Waals surface area contributed by atoms with Crippen molar-refractivity contribution < 1.29 is 22.7 Å². The number of unbranched alkanes of at least 4 members (excludes halogenated alkanes) is 1. The zero-order chi connectivity index (χ0) is 38.7. The summed E-state index contributed by atoms with van der Waals surface area (Å²) >= 11 is 0. The summed E-state index contributed by atoms with van der Waals surface area (Å²) in [5.41, 5.74) is 2.54. The number of aryl methyl sites for hydroxylation is 1. The summed E-state index contributed by atoms with van der Waals surface area (Å²) in [6.45, 7) is 13.1. The molecule has 0 bridgehead atoms. The Balaban J connectivity index is 1.49. The number of carbonyl (C=O) groups excluding carboxylic acids is 2. The molecule has 12 nitrogen and oxygen atoms in total. The van der Waals surface area contributed by atoms with Crippen molar-refractivity contribution >= 4 is 56.0 Å². The zero-order valence-corrected chi connectivity index (χ0v) is 33.0. The van der Waals surface area contributed by atoms with Gasteiger partial charge >= 0.3 is 11.7 Å². The first-order valence-electron chi connectivity index (χ1n) is 19.3. The van der Waals surface area contributed by atoms with Crippen LogP contribution in [0.2, 0.25) is 0 Å². The molecular weight excluding hydrogens is 705 g/mol. The Kier molecular flexibility index (Phi) is 11.8. The predicted octanol–water partition coefficient (Wildman–Crippen LogP) is 6.45. The van der Waals surface area contributed by atoms with Gasteiger partial charge in [0.1, 0.15) is 11.7 Å². The van der Waals surface area contributed by atoms with E-state index in [-0.39, 0.29) is 64.5 Å². The monoisotopic (exact) mass is 756 g/mol. The number of nitrogens with one attached hydrogen (secondary N) is 1. The quantitative estimate of drug-likeness (QED) is 0.218. The lowest BCUT2D eigenvalue weighted by Gasteiger charge is -2.37. The minimum absolute atomic E-state index is 0.00259. The second kappa shape index (κ2) is 16.4. The van der Waals surface area contributed by atoms with E-state index in [1.54, 1.807) is 0 Å². The van der Waals surface area contributed by atoms with Crippen LogP contribution in [0.3, 0.4) is 0 Å². The van der Waals surface area contributed by atoms with E-state index >= 15 is 0 Å². The van der Waals surface area contributed by atoms with E-state index in [0.29, 0.717) is 48.7 Å². The number of sulfone groups is 1. The van der Waals surface area contributed by atoms with E-state index in [0.717, 1.165) is 36.9 Å². The van der Waals surface area contributed by atoms with Crippen LogP contribution >= 0.6 is 0 Å². The predicted molar refractivity (Wildman–Crippen MR) is 213 cm³/mol. The second-order valence-electron chi connectivity index (χ2n) is 15.3. The molecule has 288 valence electrons. The maximum Gasteiger partial charge on any atom is 0.358 e. The molecule has 6 rings (SSSR count). The van der Waals surface area contributed by atoms with Gasteiger partial charge in [0.25, 0.3) is 0 Å². The number of anilines is 2. The Morgan fingerprint density at radius 2 is 1.69 bits per heavy atom. The van der Waals surface area contributed by atoms with E-state index < -0.39 is 21.5 Å². The Morgan fingerprint density at radius 1 is 1.00 bits per heavy atom. The Bertz CT molecular complexity index is 2100. The molecule has 0 radical (unpaired) electrons. The molecule has 1 aliphatic carbocycles. The van der Waals surface area contributed by atoms with E-state index in [4.69, 9.17) is 14.7 Å². The third kappa shape index (κ3) is 8.35. The van der Waals surface area contributed by atoms with Gasteiger partial charge in [-0.25, -0.2) is 27.6 Å². The summed E-state index contributed by atoms with van der Waals surface area (Å²) in [4.78, 5) is 58.1. The number of rotatable bonds is 11. The number of amides is 1. The van der Waals surface area contributed by atoms with E-state index in [1.165, 1.54) is 4.57 Å². The van der Waals surface area contributed by atoms with Gasteiger partial charge in [-0.2, -0.15) is 9.97 Å². The highest BCUT2D eigenvalue weighted by Crippen LogP contribution is 2.40. The molecule has 2 fully saturated rings. The lowest BCUT2D eigenvalue weighted by atomic mass is 9.75. The molecular formula is C41H52N6O6S. The van der Waals surface area contributed by atoms with Crippen molar-refractivity contribution in [3.63, 3.8) is 0 Å². The molecule has 2 aliphatic heterocycles. The Hall–Kier alpha value is -4.65. The molecule has 1 aromatic heterocycles. The fraction of sp³-hybridized carbons (Fsp3) is 0.512. The van der Waals surface area contributed by atoms with Gasteiger partial charge in [0, 0.05) is 30.3 Å². The van der Waals surface area contributed by atoms with Crippen LogP contribution < -0.4 is 15.9 Å². The first kappa shape index (κ1) is 39.1. The summed E-state index contributed by atoms with van der Waals surface area (Å²) in [6, 6.07) is 14.9. The Labute approximate surface area is 318 Å². The van der Waals surface area contributed by atoms with Crippen LogP contribution in [0, 0.1) is 30.6 Å². The minimum Gasteiger partial charge on any atom is -0.458 e. The molecule has 3 unspecified atom stereocenters. The number of aliphatic imine (C=N–C) groups is 1. The topological polar surface area (TPSA) is 153 Å². The molecule has 3 atom stereocenters. The Morgan fingerprint density at radius 3 is 2.31 bits per heavy atom. The molecule has 0 spiro atoms. The fourth-order valence-electron chi connectivity index (χ4n) is 8.17. The van der Waals surface area contributed by atoms with Crippen molar-refractivity contribution in [3.8, 4) is 0 Å². The van der Waals surface area contributed by atoms with Crippen molar-refractivity contribution in [1.82, 2.24) is 14.5 Å². The number of carbonyl (C=O) groups is 2. The van der Waals surface area contributed by atoms with Crippen molar-refractivity contribution in [2.24, 2.45) is 28.7 Å². The minimum atomic E-state index is -3.05. The first-order valence-corrected chi connectivity index (χ1v) is 21.1. The molecule has 1 N–H and O–H groups in total. The molecule has 2 aromatic carbocycles. The van der Waals surface area contributed by atoms with Crippen molar-refractivity contribution in [1.29, 1.82) is 0 Å². The van der Waals surface area contributed by atoms with Gasteiger partial charge in [-0.05, 0) is 79.7 Å². The van der Waals surface area contributed by atoms with Gasteiger partial charge in [0.2, 0.25) is 11.9 Å². The van der Waals surface area contributed by atoms with Crippen molar-refractivity contribution in [2.75, 3.05) is 34.8 Å². The maximum atomic E-state index is 14.6. The number of ether oxygens (including phenoxy) is 1. The molecule has 3 aliphatic rings. The molecule has 1 saturated carbocycles. The summed E-state index contributed by atoms with van der Waals surface area (Å²) in [5.74, 6) is -0.240. The van der Waals surface area contributed by atoms with E-state index in [1.807, 2.05) is 67.3 Å². The van der Waals surface area contributed by atoms with Crippen LogP contribution in [0.15, 0.2) is 58.3 Å². The van der Waals surface area contributed by atoms with Crippen LogP contribution in [0.25, 0.3) is 11.1 Å². The molecule has 3 heterocycles. The third-order valence-electron chi connectivity index (χ3n) is 11.0. The normalized spacial score (nSPS) is 23.6. The zero-order valence-electron chi connectivity index (χ0n) is 32.2. The number of aromatic nitrogens is 3. The van der Waals surface area contributed by atoms with Gasteiger partial charge in [-0.1, -0.05) is 77.8 Å². The van der Waals surface area contributed by atoms with Gasteiger partial charge in [-0.3, -0.25) is 10.1 Å². The number of fused-ring (bicyclic) bond motifs is 1. The lowest BCUT2D eigenvalue weighted by molar-refractivity contribution is -0.150. The summed E-state index contributed by atoms with van der Waals surface area (Å²) in [6.07, 6.45) is 4.65. The second-order valence-corrected chi connectivity index (χ2v) is 17.6. The van der Waals surface area contributed by atoms with Crippen LogP contribution in [0.1, 0.15) is 90.1 Å². The van der Waals surface area contributed by atoms with Crippen molar-refractivity contribution in [3.05, 3.63) is 76.0 Å². The maximum absolute atomic E-state index is 14.6. The number of hydrogen-bond acceptors (Lipinski definition) is 10. The molecule has 3 aromatic rings. The van der Waals surface area contributed by atoms with Crippen LogP contribution in [0.4, 0.5) is 17.3 Å². The average molecular weight is 757 g/mol. The summed E-state index contributed by atoms with van der Waals surface area (Å²) in [5, 5.41) is 2.77. The summed E-state index contributed by atoms with van der Waals surface area (Å²) in [7, 11) is -3.05. The fourth-order valence-corrected chi connectivity index (χ4v) is 9.37. The first-order chi connectivity index (χ1) is 25.8. The molecule has 1 saturated heterocycles. The standard InChI is InChI=1S/C41H52N6O6S/c1-7-9-13-29(8-2)38(48)44-40-43-37-34(39(49)53-35-27(5)22-25(3)23-28(35)6)33(30-14-11-10-12-15-30)36(47(37)41(50)45-40)42-32-17-16-31(24-26(32)4)46-18-20-54(51,52)21-19-46/h10-12,14-17,24-25,27-29,35H,7-9,13,18-23H2,1-6H3,(H,44,45,48,50). The number of nitrogens with zero attached hydrogens (tertiary/aromatic N) is 5. The largest absolute Gasteiger partial charge is 0.458 e.